The molecule has 0 fully saturated rings. The van der Waals surface area contributed by atoms with E-state index in [0.717, 1.165) is 24.5 Å². The third kappa shape index (κ3) is 13.1. The van der Waals surface area contributed by atoms with Gasteiger partial charge in [-0.3, -0.25) is 0 Å². The second-order valence-corrected chi connectivity index (χ2v) is 5.03. The predicted molar refractivity (Wildman–Crippen MR) is 87.1 cm³/mol. The normalized spacial score (nSPS) is 10.6. The van der Waals surface area contributed by atoms with Crippen LogP contribution < -0.4 is 10.6 Å². The molecule has 110 valence electrons. The van der Waals surface area contributed by atoms with E-state index in [1.54, 1.807) is 0 Å². The van der Waals surface area contributed by atoms with Gasteiger partial charge in [-0.1, -0.05) is 64.7 Å². The standard InChI is InChI=1S/C17H32N2/c1-5-7-8-9-10-11-12-14-18-17(4)15-19-16(3)13-6-2/h6,13,18-19H,3-5,7-12,14-15H2,1-2H3/b13-6-. The molecule has 0 amide bonds. The summed E-state index contributed by atoms with van der Waals surface area (Å²) in [6.07, 6.45) is 13.4. The van der Waals surface area contributed by atoms with Gasteiger partial charge in [0.1, 0.15) is 0 Å². The van der Waals surface area contributed by atoms with Crippen molar-refractivity contribution in [3.63, 3.8) is 0 Å². The van der Waals surface area contributed by atoms with Gasteiger partial charge < -0.3 is 10.6 Å². The lowest BCUT2D eigenvalue weighted by atomic mass is 10.1. The Kier molecular flexibility index (Phi) is 12.4. The van der Waals surface area contributed by atoms with Gasteiger partial charge in [-0.15, -0.1) is 0 Å². The van der Waals surface area contributed by atoms with Crippen LogP contribution in [0.5, 0.6) is 0 Å². The van der Waals surface area contributed by atoms with E-state index in [1.807, 2.05) is 19.1 Å². The van der Waals surface area contributed by atoms with Crippen molar-refractivity contribution in [3.05, 3.63) is 36.7 Å². The molecule has 0 saturated heterocycles. The topological polar surface area (TPSA) is 24.1 Å². The van der Waals surface area contributed by atoms with E-state index in [2.05, 4.69) is 30.7 Å². The molecule has 0 bridgehead atoms. The minimum absolute atomic E-state index is 0.750. The molecule has 0 rings (SSSR count). The van der Waals surface area contributed by atoms with Gasteiger partial charge in [0, 0.05) is 17.9 Å². The van der Waals surface area contributed by atoms with Gasteiger partial charge in [0.25, 0.3) is 0 Å². The Bertz CT molecular complexity index is 266. The zero-order valence-corrected chi connectivity index (χ0v) is 12.9. The molecule has 0 radical (unpaired) electrons. The van der Waals surface area contributed by atoms with E-state index in [9.17, 15) is 0 Å². The Morgan fingerprint density at radius 1 is 0.947 bits per heavy atom. The molecule has 2 nitrogen and oxygen atoms in total. The molecule has 0 aliphatic rings. The first kappa shape index (κ1) is 17.8. The molecule has 0 atom stereocenters. The molecule has 0 aromatic heterocycles. The van der Waals surface area contributed by atoms with Crippen molar-refractivity contribution in [3.8, 4) is 0 Å². The van der Waals surface area contributed by atoms with Gasteiger partial charge in [-0.2, -0.15) is 0 Å². The number of allylic oxidation sites excluding steroid dienone is 2. The predicted octanol–water partition coefficient (Wildman–Crippen LogP) is 4.52. The molecule has 0 heterocycles. The Morgan fingerprint density at radius 2 is 1.58 bits per heavy atom. The number of rotatable bonds is 13. The second kappa shape index (κ2) is 13.3. The third-order valence-electron chi connectivity index (χ3n) is 3.05. The van der Waals surface area contributed by atoms with Crippen molar-refractivity contribution in [2.24, 2.45) is 0 Å². The van der Waals surface area contributed by atoms with Crippen molar-refractivity contribution >= 4 is 0 Å². The number of unbranched alkanes of at least 4 members (excludes halogenated alkanes) is 6. The Labute approximate surface area is 120 Å². The number of nitrogens with one attached hydrogen (secondary N) is 2. The fraction of sp³-hybridized carbons (Fsp3) is 0.647. The van der Waals surface area contributed by atoms with Crippen LogP contribution in [0.15, 0.2) is 36.7 Å². The van der Waals surface area contributed by atoms with Crippen LogP contribution in [0.3, 0.4) is 0 Å². The highest BCUT2D eigenvalue weighted by molar-refractivity contribution is 5.13. The first-order chi connectivity index (χ1) is 9.20. The van der Waals surface area contributed by atoms with Crippen molar-refractivity contribution in [1.82, 2.24) is 10.6 Å². The van der Waals surface area contributed by atoms with E-state index in [0.29, 0.717) is 0 Å². The molecule has 0 aromatic rings. The van der Waals surface area contributed by atoms with Gasteiger partial charge in [-0.25, -0.2) is 0 Å². The average molecular weight is 264 g/mol. The highest BCUT2D eigenvalue weighted by atomic mass is 15.0. The molecule has 0 aliphatic carbocycles. The van der Waals surface area contributed by atoms with Crippen molar-refractivity contribution < 1.29 is 0 Å². The van der Waals surface area contributed by atoms with Gasteiger partial charge in [0.2, 0.25) is 0 Å². The molecule has 19 heavy (non-hydrogen) atoms. The molecule has 0 saturated carbocycles. The first-order valence-corrected chi connectivity index (χ1v) is 7.67. The number of hydrogen-bond acceptors (Lipinski definition) is 2. The van der Waals surface area contributed by atoms with E-state index in [-0.39, 0.29) is 0 Å². The van der Waals surface area contributed by atoms with Crippen LogP contribution in [-0.2, 0) is 0 Å². The summed E-state index contributed by atoms with van der Waals surface area (Å²) in [7, 11) is 0. The van der Waals surface area contributed by atoms with Crippen molar-refractivity contribution in [2.75, 3.05) is 13.1 Å². The quantitative estimate of drug-likeness (QED) is 0.377. The Hall–Kier alpha value is -1.18. The fourth-order valence-electron chi connectivity index (χ4n) is 1.89. The maximum absolute atomic E-state index is 4.01. The summed E-state index contributed by atoms with van der Waals surface area (Å²) in [4.78, 5) is 0. The SMILES string of the molecule is C=C(/C=C\C)NCC(=C)NCCCCCCCCC. The second-order valence-electron chi connectivity index (χ2n) is 5.03. The smallest absolute Gasteiger partial charge is 0.0541 e. The monoisotopic (exact) mass is 264 g/mol. The van der Waals surface area contributed by atoms with Crippen LogP contribution in [0.4, 0.5) is 0 Å². The van der Waals surface area contributed by atoms with Gasteiger partial charge >= 0.3 is 0 Å². The summed E-state index contributed by atoms with van der Waals surface area (Å²) < 4.78 is 0. The number of hydrogen-bond donors (Lipinski definition) is 2. The summed E-state index contributed by atoms with van der Waals surface area (Å²) in [5, 5.41) is 6.58. The molecular weight excluding hydrogens is 232 g/mol. The molecular formula is C17H32N2. The van der Waals surface area contributed by atoms with E-state index in [4.69, 9.17) is 0 Å². The molecule has 0 spiro atoms. The minimum atomic E-state index is 0.750. The van der Waals surface area contributed by atoms with Crippen LogP contribution >= 0.6 is 0 Å². The summed E-state index contributed by atoms with van der Waals surface area (Å²) >= 11 is 0. The van der Waals surface area contributed by atoms with Gasteiger partial charge in [0.05, 0.1) is 6.54 Å². The summed E-state index contributed by atoms with van der Waals surface area (Å²) in [5.41, 5.74) is 1.97. The van der Waals surface area contributed by atoms with E-state index >= 15 is 0 Å². The first-order valence-electron chi connectivity index (χ1n) is 7.67. The maximum Gasteiger partial charge on any atom is 0.0541 e. The zero-order valence-electron chi connectivity index (χ0n) is 12.9. The van der Waals surface area contributed by atoms with Crippen LogP contribution in [0.1, 0.15) is 58.8 Å². The van der Waals surface area contributed by atoms with Crippen LogP contribution in [-0.4, -0.2) is 13.1 Å². The van der Waals surface area contributed by atoms with Crippen LogP contribution in [0.2, 0.25) is 0 Å². The fourth-order valence-corrected chi connectivity index (χ4v) is 1.89. The summed E-state index contributed by atoms with van der Waals surface area (Å²) in [5.74, 6) is 0. The minimum Gasteiger partial charge on any atom is -0.387 e. The van der Waals surface area contributed by atoms with Gasteiger partial charge in [0.15, 0.2) is 0 Å². The summed E-state index contributed by atoms with van der Waals surface area (Å²) in [6.45, 7) is 13.9. The third-order valence-corrected chi connectivity index (χ3v) is 3.05. The molecule has 0 aromatic carbocycles. The van der Waals surface area contributed by atoms with E-state index < -0.39 is 0 Å². The molecule has 0 aliphatic heterocycles. The summed E-state index contributed by atoms with van der Waals surface area (Å²) in [6, 6.07) is 0. The van der Waals surface area contributed by atoms with Crippen LogP contribution in [0.25, 0.3) is 0 Å². The van der Waals surface area contributed by atoms with Gasteiger partial charge in [-0.05, 0) is 19.4 Å². The molecule has 0 unspecified atom stereocenters. The zero-order chi connectivity index (χ0) is 14.3. The lowest BCUT2D eigenvalue weighted by Gasteiger charge is -2.11. The van der Waals surface area contributed by atoms with Crippen molar-refractivity contribution in [1.29, 1.82) is 0 Å². The average Bonchev–Trinajstić information content (AvgIpc) is 2.40. The highest BCUT2D eigenvalue weighted by Crippen LogP contribution is 2.06. The van der Waals surface area contributed by atoms with Crippen LogP contribution in [0, 0.1) is 0 Å². The largest absolute Gasteiger partial charge is 0.387 e. The lowest BCUT2D eigenvalue weighted by molar-refractivity contribution is 0.576. The van der Waals surface area contributed by atoms with E-state index in [1.165, 1.54) is 44.9 Å². The Morgan fingerprint density at radius 3 is 2.21 bits per heavy atom. The van der Waals surface area contributed by atoms with Crippen molar-refractivity contribution in [2.45, 2.75) is 58.8 Å². The lowest BCUT2D eigenvalue weighted by Crippen LogP contribution is -2.24. The maximum atomic E-state index is 4.01. The molecule has 2 heteroatoms. The highest BCUT2D eigenvalue weighted by Gasteiger charge is 1.94. The Balaban J connectivity index is 3.32. The molecule has 2 N–H and O–H groups in total.